The van der Waals surface area contributed by atoms with Crippen LogP contribution in [-0.4, -0.2) is 32.6 Å². The molecule has 8 heteroatoms. The Hall–Kier alpha value is -2.40. The Bertz CT molecular complexity index is 677. The molecule has 102 valence electrons. The Kier molecular flexibility index (Phi) is 4.32. The molecule has 0 bridgehead atoms. The van der Waals surface area contributed by atoms with Crippen LogP contribution in [0.3, 0.4) is 0 Å². The zero-order valence-corrected chi connectivity index (χ0v) is 11.8. The van der Waals surface area contributed by atoms with Crippen LogP contribution in [0.25, 0.3) is 0 Å². The average Bonchev–Trinajstić information content (AvgIpc) is 2.88. The lowest BCUT2D eigenvalue weighted by Gasteiger charge is -2.08. The van der Waals surface area contributed by atoms with E-state index in [9.17, 15) is 4.79 Å². The Balaban J connectivity index is 1.97. The molecule has 0 radical (unpaired) electrons. The third-order valence-electron chi connectivity index (χ3n) is 2.52. The summed E-state index contributed by atoms with van der Waals surface area (Å²) in [7, 11) is 0. The van der Waals surface area contributed by atoms with Crippen LogP contribution in [0.2, 0.25) is 0 Å². The third kappa shape index (κ3) is 3.33. The maximum Gasteiger partial charge on any atom is 0.358 e. The summed E-state index contributed by atoms with van der Waals surface area (Å²) < 4.78 is 2.30. The van der Waals surface area contributed by atoms with Crippen LogP contribution < -0.4 is 5.32 Å². The number of rotatable bonds is 5. The van der Waals surface area contributed by atoms with Gasteiger partial charge in [0.25, 0.3) is 0 Å². The van der Waals surface area contributed by atoms with Gasteiger partial charge in [-0.1, -0.05) is 21.1 Å². The van der Waals surface area contributed by atoms with Gasteiger partial charge in [0.1, 0.15) is 6.07 Å². The van der Waals surface area contributed by atoms with Crippen molar-refractivity contribution in [1.29, 1.82) is 5.26 Å². The van der Waals surface area contributed by atoms with Gasteiger partial charge in [-0.25, -0.2) is 9.48 Å². The second kappa shape index (κ2) is 6.16. The minimum atomic E-state index is -1.11. The maximum absolute atomic E-state index is 10.7. The molecule has 0 aliphatic heterocycles. The van der Waals surface area contributed by atoms with E-state index in [1.54, 1.807) is 12.1 Å². The smallest absolute Gasteiger partial charge is 0.358 e. The summed E-state index contributed by atoms with van der Waals surface area (Å²) >= 11 is 3.34. The number of hydrogen-bond acceptors (Lipinski definition) is 5. The molecule has 2 N–H and O–H groups in total. The molecule has 0 amide bonds. The van der Waals surface area contributed by atoms with Crippen molar-refractivity contribution in [2.75, 3.05) is 11.9 Å². The quantitative estimate of drug-likeness (QED) is 0.862. The van der Waals surface area contributed by atoms with Gasteiger partial charge in [-0.2, -0.15) is 5.26 Å². The van der Waals surface area contributed by atoms with Crippen LogP contribution in [-0.2, 0) is 6.54 Å². The Labute approximate surface area is 123 Å². The number of anilines is 1. The van der Waals surface area contributed by atoms with Crippen LogP contribution in [0.4, 0.5) is 5.69 Å². The lowest BCUT2D eigenvalue weighted by atomic mass is 10.2. The molecule has 0 spiro atoms. The van der Waals surface area contributed by atoms with Gasteiger partial charge in [0, 0.05) is 11.0 Å². The first-order valence-corrected chi connectivity index (χ1v) is 6.46. The molecular weight excluding hydrogens is 326 g/mol. The zero-order valence-electron chi connectivity index (χ0n) is 10.2. The number of nitrogens with zero attached hydrogens (tertiary/aromatic N) is 4. The van der Waals surface area contributed by atoms with E-state index in [1.807, 2.05) is 6.07 Å². The minimum Gasteiger partial charge on any atom is -0.476 e. The standard InChI is InChI=1S/C12H10BrN5O2/c13-9-2-1-8(6-14)10(5-9)15-3-4-18-7-11(12(19)20)16-17-18/h1-2,5,7,15H,3-4H2,(H,19,20). The van der Waals surface area contributed by atoms with Crippen LogP contribution in [0, 0.1) is 11.3 Å². The number of nitrogens with one attached hydrogen (secondary N) is 1. The Morgan fingerprint density at radius 2 is 2.35 bits per heavy atom. The van der Waals surface area contributed by atoms with Crippen LogP contribution >= 0.6 is 15.9 Å². The van der Waals surface area contributed by atoms with E-state index in [-0.39, 0.29) is 5.69 Å². The van der Waals surface area contributed by atoms with Gasteiger partial charge in [0.15, 0.2) is 5.69 Å². The van der Waals surface area contributed by atoms with Crippen LogP contribution in [0.15, 0.2) is 28.9 Å². The second-order valence-electron chi connectivity index (χ2n) is 3.90. The van der Waals surface area contributed by atoms with Gasteiger partial charge in [0.2, 0.25) is 0 Å². The average molecular weight is 336 g/mol. The zero-order chi connectivity index (χ0) is 14.5. The monoisotopic (exact) mass is 335 g/mol. The van der Waals surface area contributed by atoms with E-state index < -0.39 is 5.97 Å². The Morgan fingerprint density at radius 1 is 1.55 bits per heavy atom. The molecule has 7 nitrogen and oxygen atoms in total. The summed E-state index contributed by atoms with van der Waals surface area (Å²) in [6.45, 7) is 0.936. The van der Waals surface area contributed by atoms with Crippen LogP contribution in [0.5, 0.6) is 0 Å². The van der Waals surface area contributed by atoms with Gasteiger partial charge in [0.05, 0.1) is 24.0 Å². The molecule has 2 aromatic rings. The van der Waals surface area contributed by atoms with Crippen molar-refractivity contribution >= 4 is 27.6 Å². The van der Waals surface area contributed by atoms with E-state index in [4.69, 9.17) is 10.4 Å². The van der Waals surface area contributed by atoms with E-state index >= 15 is 0 Å². The first kappa shape index (κ1) is 14.0. The number of carboxylic acids is 1. The van der Waals surface area contributed by atoms with E-state index in [1.165, 1.54) is 10.9 Å². The number of carbonyl (C=O) groups is 1. The van der Waals surface area contributed by atoms with Crippen LogP contribution in [0.1, 0.15) is 16.1 Å². The molecule has 0 aliphatic rings. The lowest BCUT2D eigenvalue weighted by Crippen LogP contribution is -2.11. The van der Waals surface area contributed by atoms with E-state index in [2.05, 4.69) is 37.6 Å². The minimum absolute atomic E-state index is 0.0924. The molecule has 1 heterocycles. The van der Waals surface area contributed by atoms with Crippen molar-refractivity contribution in [3.8, 4) is 6.07 Å². The number of carboxylic acid groups (broad SMARTS) is 1. The van der Waals surface area contributed by atoms with Crippen molar-refractivity contribution in [2.24, 2.45) is 0 Å². The highest BCUT2D eigenvalue weighted by atomic mass is 79.9. The van der Waals surface area contributed by atoms with Crippen molar-refractivity contribution in [3.05, 3.63) is 40.1 Å². The maximum atomic E-state index is 10.7. The van der Waals surface area contributed by atoms with Crippen molar-refractivity contribution in [2.45, 2.75) is 6.54 Å². The van der Waals surface area contributed by atoms with Gasteiger partial charge >= 0.3 is 5.97 Å². The summed E-state index contributed by atoms with van der Waals surface area (Å²) in [4.78, 5) is 10.7. The highest BCUT2D eigenvalue weighted by Crippen LogP contribution is 2.20. The predicted molar refractivity (Wildman–Crippen MR) is 74.3 cm³/mol. The van der Waals surface area contributed by atoms with Crippen molar-refractivity contribution < 1.29 is 9.90 Å². The van der Waals surface area contributed by atoms with Gasteiger partial charge in [-0.05, 0) is 18.2 Å². The van der Waals surface area contributed by atoms with Gasteiger partial charge in [-0.15, -0.1) is 5.10 Å². The first-order valence-electron chi connectivity index (χ1n) is 5.67. The largest absolute Gasteiger partial charge is 0.476 e. The first-order chi connectivity index (χ1) is 9.60. The summed E-state index contributed by atoms with van der Waals surface area (Å²) in [5.74, 6) is -1.11. The predicted octanol–water partition coefficient (Wildman–Crippen LogP) is 1.72. The second-order valence-corrected chi connectivity index (χ2v) is 4.82. The number of hydrogen-bond donors (Lipinski definition) is 2. The molecule has 0 unspecified atom stereocenters. The molecule has 0 atom stereocenters. The number of aromatic carboxylic acids is 1. The van der Waals surface area contributed by atoms with Gasteiger partial charge in [-0.3, -0.25) is 0 Å². The molecule has 0 aliphatic carbocycles. The summed E-state index contributed by atoms with van der Waals surface area (Å²) in [6, 6.07) is 7.41. The van der Waals surface area contributed by atoms with E-state index in [0.717, 1.165) is 4.47 Å². The molecule has 1 aromatic carbocycles. The summed E-state index contributed by atoms with van der Waals surface area (Å²) in [5, 5.41) is 28.0. The summed E-state index contributed by atoms with van der Waals surface area (Å²) in [5.41, 5.74) is 1.16. The topological polar surface area (TPSA) is 104 Å². The third-order valence-corrected chi connectivity index (χ3v) is 3.01. The number of nitriles is 1. The lowest BCUT2D eigenvalue weighted by molar-refractivity contribution is 0.0690. The molecule has 1 aromatic heterocycles. The number of benzene rings is 1. The number of aromatic nitrogens is 3. The molecule has 0 saturated carbocycles. The fraction of sp³-hybridized carbons (Fsp3) is 0.167. The molecule has 0 saturated heterocycles. The number of halogens is 1. The molecule has 20 heavy (non-hydrogen) atoms. The highest BCUT2D eigenvalue weighted by molar-refractivity contribution is 9.10. The van der Waals surface area contributed by atoms with E-state index in [0.29, 0.717) is 24.3 Å². The fourth-order valence-corrected chi connectivity index (χ4v) is 1.93. The molecule has 0 fully saturated rings. The molecule has 2 rings (SSSR count). The molecular formula is C12H10BrN5O2. The SMILES string of the molecule is N#Cc1ccc(Br)cc1NCCn1cc(C(=O)O)nn1. The Morgan fingerprint density at radius 3 is 3.00 bits per heavy atom. The summed E-state index contributed by atoms with van der Waals surface area (Å²) in [6.07, 6.45) is 1.36. The van der Waals surface area contributed by atoms with Gasteiger partial charge < -0.3 is 10.4 Å². The normalized spacial score (nSPS) is 10.0. The van der Waals surface area contributed by atoms with Crippen molar-refractivity contribution in [1.82, 2.24) is 15.0 Å². The highest BCUT2D eigenvalue weighted by Gasteiger charge is 2.08. The fourth-order valence-electron chi connectivity index (χ4n) is 1.57. The van der Waals surface area contributed by atoms with Crippen molar-refractivity contribution in [3.63, 3.8) is 0 Å².